The van der Waals surface area contributed by atoms with Crippen LogP contribution in [0, 0.1) is 12.8 Å². The Morgan fingerprint density at radius 2 is 2.05 bits per heavy atom. The second-order valence-electron chi connectivity index (χ2n) is 5.46. The standard InChI is InChI=1S/C15H19N3O3S/c1-10-6-4-5-7-12(10)13-8-14(18-17-13)16-15(19)11(2)9-22(3,20)21/h4-8,11H,9H2,1-3H3,(H2,16,17,18,19)/t11-/m0/s1. The van der Waals surface area contributed by atoms with E-state index in [1.165, 1.54) is 0 Å². The molecule has 7 heteroatoms. The minimum Gasteiger partial charge on any atom is -0.309 e. The Kier molecular flexibility index (Phi) is 4.65. The molecule has 2 aromatic rings. The van der Waals surface area contributed by atoms with Crippen molar-refractivity contribution in [2.24, 2.45) is 5.92 Å². The Labute approximate surface area is 129 Å². The number of aryl methyl sites for hydroxylation is 1. The maximum atomic E-state index is 12.0. The Balaban J connectivity index is 2.10. The molecule has 0 aliphatic heterocycles. The molecule has 0 aliphatic carbocycles. The van der Waals surface area contributed by atoms with E-state index < -0.39 is 15.8 Å². The molecule has 2 rings (SSSR count). The Morgan fingerprint density at radius 1 is 1.36 bits per heavy atom. The maximum absolute atomic E-state index is 12.0. The molecule has 1 amide bonds. The van der Waals surface area contributed by atoms with E-state index in [2.05, 4.69) is 15.5 Å². The third kappa shape index (κ3) is 4.17. The van der Waals surface area contributed by atoms with Crippen molar-refractivity contribution in [3.8, 4) is 11.3 Å². The van der Waals surface area contributed by atoms with Gasteiger partial charge in [0.25, 0.3) is 0 Å². The smallest absolute Gasteiger partial charge is 0.229 e. The van der Waals surface area contributed by atoms with Crippen molar-refractivity contribution in [3.63, 3.8) is 0 Å². The molecule has 0 bridgehead atoms. The quantitative estimate of drug-likeness (QED) is 0.881. The van der Waals surface area contributed by atoms with Crippen LogP contribution < -0.4 is 5.32 Å². The molecule has 0 radical (unpaired) electrons. The third-order valence-corrected chi connectivity index (χ3v) is 4.37. The molecule has 22 heavy (non-hydrogen) atoms. The van der Waals surface area contributed by atoms with E-state index in [1.54, 1.807) is 13.0 Å². The second-order valence-corrected chi connectivity index (χ2v) is 7.65. The van der Waals surface area contributed by atoms with Crippen LogP contribution in [0.5, 0.6) is 0 Å². The molecule has 0 unspecified atom stereocenters. The molecule has 0 spiro atoms. The number of rotatable bonds is 5. The van der Waals surface area contributed by atoms with Crippen LogP contribution in [0.15, 0.2) is 30.3 Å². The van der Waals surface area contributed by atoms with E-state index in [0.29, 0.717) is 5.82 Å². The van der Waals surface area contributed by atoms with Crippen LogP contribution in [0.4, 0.5) is 5.82 Å². The zero-order chi connectivity index (χ0) is 16.3. The zero-order valence-corrected chi connectivity index (χ0v) is 13.6. The van der Waals surface area contributed by atoms with Gasteiger partial charge >= 0.3 is 0 Å². The van der Waals surface area contributed by atoms with E-state index in [9.17, 15) is 13.2 Å². The number of aromatic nitrogens is 2. The van der Waals surface area contributed by atoms with Gasteiger partial charge in [-0.3, -0.25) is 9.89 Å². The van der Waals surface area contributed by atoms with Gasteiger partial charge in [0.2, 0.25) is 5.91 Å². The number of H-pyrrole nitrogens is 1. The van der Waals surface area contributed by atoms with Crippen LogP contribution in [-0.2, 0) is 14.6 Å². The predicted molar refractivity (Wildman–Crippen MR) is 86.3 cm³/mol. The van der Waals surface area contributed by atoms with Crippen molar-refractivity contribution in [2.75, 3.05) is 17.3 Å². The fraction of sp³-hybridized carbons (Fsp3) is 0.333. The largest absolute Gasteiger partial charge is 0.309 e. The number of carbonyl (C=O) groups excluding carboxylic acids is 1. The highest BCUT2D eigenvalue weighted by Gasteiger charge is 2.19. The highest BCUT2D eigenvalue weighted by molar-refractivity contribution is 7.90. The second kappa shape index (κ2) is 6.31. The molecule has 1 aromatic carbocycles. The van der Waals surface area contributed by atoms with Crippen LogP contribution >= 0.6 is 0 Å². The molecular weight excluding hydrogens is 302 g/mol. The summed E-state index contributed by atoms with van der Waals surface area (Å²) in [4.78, 5) is 12.0. The van der Waals surface area contributed by atoms with Crippen molar-refractivity contribution >= 4 is 21.6 Å². The average Bonchev–Trinajstić information content (AvgIpc) is 2.85. The monoisotopic (exact) mass is 321 g/mol. The van der Waals surface area contributed by atoms with Crippen LogP contribution in [0.1, 0.15) is 12.5 Å². The highest BCUT2D eigenvalue weighted by Crippen LogP contribution is 2.23. The lowest BCUT2D eigenvalue weighted by molar-refractivity contribution is -0.118. The fourth-order valence-corrected chi connectivity index (χ4v) is 3.24. The molecule has 1 atom stereocenters. The van der Waals surface area contributed by atoms with Crippen molar-refractivity contribution in [3.05, 3.63) is 35.9 Å². The molecule has 0 saturated carbocycles. The first kappa shape index (κ1) is 16.2. The maximum Gasteiger partial charge on any atom is 0.229 e. The number of anilines is 1. The SMILES string of the molecule is Cc1ccccc1-c1cc(NC(=O)[C@@H](C)CS(C)(=O)=O)n[nH]1. The molecule has 0 saturated heterocycles. The Hall–Kier alpha value is -2.15. The van der Waals surface area contributed by atoms with E-state index >= 15 is 0 Å². The summed E-state index contributed by atoms with van der Waals surface area (Å²) in [7, 11) is -3.19. The van der Waals surface area contributed by atoms with Gasteiger partial charge in [0.1, 0.15) is 9.84 Å². The summed E-state index contributed by atoms with van der Waals surface area (Å²) >= 11 is 0. The van der Waals surface area contributed by atoms with Gasteiger partial charge in [-0.05, 0) is 12.5 Å². The van der Waals surface area contributed by atoms with Crippen molar-refractivity contribution in [2.45, 2.75) is 13.8 Å². The first-order chi connectivity index (χ1) is 10.3. The molecular formula is C15H19N3O3S. The van der Waals surface area contributed by atoms with Crippen LogP contribution in [0.25, 0.3) is 11.3 Å². The van der Waals surface area contributed by atoms with Gasteiger partial charge in [-0.1, -0.05) is 31.2 Å². The van der Waals surface area contributed by atoms with Gasteiger partial charge < -0.3 is 5.32 Å². The highest BCUT2D eigenvalue weighted by atomic mass is 32.2. The summed E-state index contributed by atoms with van der Waals surface area (Å²) in [5, 5.41) is 9.55. The molecule has 0 aliphatic rings. The lowest BCUT2D eigenvalue weighted by Crippen LogP contribution is -2.26. The Bertz CT molecular complexity index is 781. The number of carbonyl (C=O) groups is 1. The normalized spacial score (nSPS) is 12.9. The molecule has 2 N–H and O–H groups in total. The van der Waals surface area contributed by atoms with E-state index in [1.807, 2.05) is 31.2 Å². The zero-order valence-electron chi connectivity index (χ0n) is 12.8. The van der Waals surface area contributed by atoms with Gasteiger partial charge in [0.15, 0.2) is 5.82 Å². The molecule has 6 nitrogen and oxygen atoms in total. The number of nitrogens with one attached hydrogen (secondary N) is 2. The number of sulfone groups is 1. The van der Waals surface area contributed by atoms with E-state index in [4.69, 9.17) is 0 Å². The summed E-state index contributed by atoms with van der Waals surface area (Å²) in [6.07, 6.45) is 1.11. The third-order valence-electron chi connectivity index (χ3n) is 3.26. The lowest BCUT2D eigenvalue weighted by Gasteiger charge is -2.08. The summed E-state index contributed by atoms with van der Waals surface area (Å²) in [5.41, 5.74) is 2.89. The van der Waals surface area contributed by atoms with Crippen molar-refractivity contribution < 1.29 is 13.2 Å². The van der Waals surface area contributed by atoms with Gasteiger partial charge in [0, 0.05) is 23.8 Å². The Morgan fingerprint density at radius 3 is 2.68 bits per heavy atom. The average molecular weight is 321 g/mol. The van der Waals surface area contributed by atoms with Gasteiger partial charge in [-0.15, -0.1) is 0 Å². The number of hydrogen-bond acceptors (Lipinski definition) is 4. The number of aromatic amines is 1. The summed E-state index contributed by atoms with van der Waals surface area (Å²) in [6, 6.07) is 9.55. The molecule has 1 aromatic heterocycles. The van der Waals surface area contributed by atoms with Gasteiger partial charge in [-0.2, -0.15) is 5.10 Å². The number of hydrogen-bond donors (Lipinski definition) is 2. The van der Waals surface area contributed by atoms with Crippen molar-refractivity contribution in [1.29, 1.82) is 0 Å². The summed E-state index contributed by atoms with van der Waals surface area (Å²) < 4.78 is 22.4. The molecule has 118 valence electrons. The fourth-order valence-electron chi connectivity index (χ4n) is 2.18. The first-order valence-corrected chi connectivity index (χ1v) is 8.92. The predicted octanol–water partition coefficient (Wildman–Crippen LogP) is 2.00. The van der Waals surface area contributed by atoms with Crippen LogP contribution in [-0.4, -0.2) is 36.5 Å². The lowest BCUT2D eigenvalue weighted by atomic mass is 10.1. The number of nitrogens with zero attached hydrogens (tertiary/aromatic N) is 1. The topological polar surface area (TPSA) is 91.9 Å². The van der Waals surface area contributed by atoms with Crippen LogP contribution in [0.2, 0.25) is 0 Å². The van der Waals surface area contributed by atoms with Crippen molar-refractivity contribution in [1.82, 2.24) is 10.2 Å². The minimum absolute atomic E-state index is 0.187. The number of benzene rings is 1. The number of amides is 1. The van der Waals surface area contributed by atoms with E-state index in [0.717, 1.165) is 23.1 Å². The van der Waals surface area contributed by atoms with Gasteiger partial charge in [0.05, 0.1) is 11.4 Å². The summed E-state index contributed by atoms with van der Waals surface area (Å²) in [6.45, 7) is 3.56. The van der Waals surface area contributed by atoms with E-state index in [-0.39, 0.29) is 11.7 Å². The van der Waals surface area contributed by atoms with Crippen LogP contribution in [0.3, 0.4) is 0 Å². The summed E-state index contributed by atoms with van der Waals surface area (Å²) in [5.74, 6) is -0.807. The molecule has 0 fully saturated rings. The van der Waals surface area contributed by atoms with Gasteiger partial charge in [-0.25, -0.2) is 8.42 Å². The first-order valence-electron chi connectivity index (χ1n) is 6.86. The minimum atomic E-state index is -3.19. The molecule has 1 heterocycles.